The average molecular weight is 257 g/mol. The molecule has 0 fully saturated rings. The van der Waals surface area contributed by atoms with E-state index in [9.17, 15) is 0 Å². The van der Waals surface area contributed by atoms with Gasteiger partial charge < -0.3 is 10.1 Å². The van der Waals surface area contributed by atoms with Gasteiger partial charge in [-0.25, -0.2) is 0 Å². The Morgan fingerprint density at radius 3 is 2.58 bits per heavy atom. The third-order valence-electron chi connectivity index (χ3n) is 2.66. The van der Waals surface area contributed by atoms with E-state index in [4.69, 9.17) is 4.74 Å². The summed E-state index contributed by atoms with van der Waals surface area (Å²) in [5.74, 6) is 0.558. The Hall–Kier alpha value is -1.94. The minimum Gasteiger partial charge on any atom is -0.472 e. The van der Waals surface area contributed by atoms with Gasteiger partial charge >= 0.3 is 0 Å². The minimum atomic E-state index is 0.517. The van der Waals surface area contributed by atoms with Crippen LogP contribution in [0.4, 0.5) is 0 Å². The SMILES string of the molecule is CCCNCc1ccc(OCc2ccccc2)nn1. The van der Waals surface area contributed by atoms with Gasteiger partial charge in [0.15, 0.2) is 0 Å². The molecule has 0 aliphatic rings. The molecule has 4 heteroatoms. The molecule has 0 aliphatic heterocycles. The van der Waals surface area contributed by atoms with Crippen molar-refractivity contribution in [2.24, 2.45) is 0 Å². The lowest BCUT2D eigenvalue weighted by molar-refractivity contribution is 0.289. The van der Waals surface area contributed by atoms with Crippen LogP contribution in [0.25, 0.3) is 0 Å². The summed E-state index contributed by atoms with van der Waals surface area (Å²) in [6.45, 7) is 4.40. The van der Waals surface area contributed by atoms with Crippen LogP contribution in [0.5, 0.6) is 5.88 Å². The molecule has 1 heterocycles. The molecule has 4 nitrogen and oxygen atoms in total. The van der Waals surface area contributed by atoms with Gasteiger partial charge in [-0.15, -0.1) is 5.10 Å². The smallest absolute Gasteiger partial charge is 0.233 e. The molecule has 0 unspecified atom stereocenters. The zero-order valence-corrected chi connectivity index (χ0v) is 11.2. The minimum absolute atomic E-state index is 0.517. The maximum atomic E-state index is 5.58. The summed E-state index contributed by atoms with van der Waals surface area (Å²) in [4.78, 5) is 0. The molecule has 0 atom stereocenters. The summed E-state index contributed by atoms with van der Waals surface area (Å²) in [5.41, 5.74) is 2.05. The fourth-order valence-electron chi connectivity index (χ4n) is 1.64. The van der Waals surface area contributed by atoms with Crippen LogP contribution in [-0.4, -0.2) is 16.7 Å². The summed E-state index contributed by atoms with van der Waals surface area (Å²) >= 11 is 0. The maximum absolute atomic E-state index is 5.58. The second kappa shape index (κ2) is 7.48. The van der Waals surface area contributed by atoms with Crippen LogP contribution in [0.15, 0.2) is 42.5 Å². The zero-order valence-electron chi connectivity index (χ0n) is 11.2. The molecule has 0 bridgehead atoms. The second-order valence-electron chi connectivity index (χ2n) is 4.31. The Labute approximate surface area is 113 Å². The number of hydrogen-bond donors (Lipinski definition) is 1. The molecule has 0 saturated carbocycles. The Kier molecular flexibility index (Phi) is 5.31. The monoisotopic (exact) mass is 257 g/mol. The van der Waals surface area contributed by atoms with Crippen molar-refractivity contribution in [1.29, 1.82) is 0 Å². The van der Waals surface area contributed by atoms with Gasteiger partial charge in [0.1, 0.15) is 6.61 Å². The number of nitrogens with zero attached hydrogens (tertiary/aromatic N) is 2. The normalized spacial score (nSPS) is 10.4. The van der Waals surface area contributed by atoms with Crippen molar-refractivity contribution in [3.8, 4) is 5.88 Å². The summed E-state index contributed by atoms with van der Waals surface area (Å²) in [5, 5.41) is 11.5. The highest BCUT2D eigenvalue weighted by molar-refractivity contribution is 5.16. The predicted molar refractivity (Wildman–Crippen MR) is 74.8 cm³/mol. The Morgan fingerprint density at radius 1 is 1.05 bits per heavy atom. The molecular formula is C15H19N3O. The molecule has 0 saturated heterocycles. The average Bonchev–Trinajstić information content (AvgIpc) is 2.48. The fourth-order valence-corrected chi connectivity index (χ4v) is 1.64. The van der Waals surface area contributed by atoms with Gasteiger partial charge in [-0.1, -0.05) is 37.3 Å². The number of rotatable bonds is 7. The van der Waals surface area contributed by atoms with E-state index in [0.717, 1.165) is 30.8 Å². The summed E-state index contributed by atoms with van der Waals surface area (Å²) in [6, 6.07) is 13.8. The molecule has 1 aromatic carbocycles. The summed E-state index contributed by atoms with van der Waals surface area (Å²) in [7, 11) is 0. The van der Waals surface area contributed by atoms with E-state index < -0.39 is 0 Å². The predicted octanol–water partition coefficient (Wildman–Crippen LogP) is 2.56. The van der Waals surface area contributed by atoms with E-state index in [1.807, 2.05) is 42.5 Å². The summed E-state index contributed by atoms with van der Waals surface area (Å²) in [6.07, 6.45) is 1.12. The van der Waals surface area contributed by atoms with Gasteiger partial charge in [0.25, 0.3) is 0 Å². The van der Waals surface area contributed by atoms with Gasteiger partial charge in [0.05, 0.1) is 5.69 Å². The van der Waals surface area contributed by atoms with E-state index in [2.05, 4.69) is 22.4 Å². The number of hydrogen-bond acceptors (Lipinski definition) is 4. The van der Waals surface area contributed by atoms with Crippen molar-refractivity contribution < 1.29 is 4.74 Å². The number of nitrogens with one attached hydrogen (secondary N) is 1. The lowest BCUT2D eigenvalue weighted by Gasteiger charge is -2.06. The lowest BCUT2D eigenvalue weighted by Crippen LogP contribution is -2.15. The van der Waals surface area contributed by atoms with Gasteiger partial charge in [0.2, 0.25) is 5.88 Å². The van der Waals surface area contributed by atoms with Crippen molar-refractivity contribution >= 4 is 0 Å². The molecule has 0 radical (unpaired) electrons. The standard InChI is InChI=1S/C15H19N3O/c1-2-10-16-11-14-8-9-15(18-17-14)19-12-13-6-4-3-5-7-13/h3-9,16H,2,10-12H2,1H3. The van der Waals surface area contributed by atoms with Gasteiger partial charge in [-0.05, 0) is 24.6 Å². The first-order valence-corrected chi connectivity index (χ1v) is 6.58. The van der Waals surface area contributed by atoms with Crippen LogP contribution < -0.4 is 10.1 Å². The number of aromatic nitrogens is 2. The van der Waals surface area contributed by atoms with Gasteiger partial charge in [-0.3, -0.25) is 0 Å². The molecular weight excluding hydrogens is 238 g/mol. The van der Waals surface area contributed by atoms with Crippen LogP contribution in [0.2, 0.25) is 0 Å². The quantitative estimate of drug-likeness (QED) is 0.774. The van der Waals surface area contributed by atoms with E-state index >= 15 is 0 Å². The van der Waals surface area contributed by atoms with Crippen molar-refractivity contribution in [2.75, 3.05) is 6.54 Å². The van der Waals surface area contributed by atoms with Crippen LogP contribution in [0, 0.1) is 0 Å². The molecule has 0 amide bonds. The molecule has 100 valence electrons. The van der Waals surface area contributed by atoms with Crippen LogP contribution in [-0.2, 0) is 13.2 Å². The zero-order chi connectivity index (χ0) is 13.3. The van der Waals surface area contributed by atoms with Crippen molar-refractivity contribution in [1.82, 2.24) is 15.5 Å². The lowest BCUT2D eigenvalue weighted by atomic mass is 10.2. The maximum Gasteiger partial charge on any atom is 0.233 e. The highest BCUT2D eigenvalue weighted by atomic mass is 16.5. The van der Waals surface area contributed by atoms with Crippen LogP contribution in [0.3, 0.4) is 0 Å². The summed E-state index contributed by atoms with van der Waals surface area (Å²) < 4.78 is 5.58. The molecule has 0 aliphatic carbocycles. The Balaban J connectivity index is 1.81. The molecule has 1 aromatic heterocycles. The van der Waals surface area contributed by atoms with Crippen LogP contribution in [0.1, 0.15) is 24.6 Å². The van der Waals surface area contributed by atoms with E-state index in [1.165, 1.54) is 0 Å². The molecule has 2 rings (SSSR count). The van der Waals surface area contributed by atoms with Crippen molar-refractivity contribution in [3.05, 3.63) is 53.7 Å². The first-order chi connectivity index (χ1) is 9.38. The largest absolute Gasteiger partial charge is 0.472 e. The fraction of sp³-hybridized carbons (Fsp3) is 0.333. The van der Waals surface area contributed by atoms with Crippen molar-refractivity contribution in [2.45, 2.75) is 26.5 Å². The van der Waals surface area contributed by atoms with Crippen LogP contribution >= 0.6 is 0 Å². The third kappa shape index (κ3) is 4.67. The molecule has 0 spiro atoms. The molecule has 1 N–H and O–H groups in total. The van der Waals surface area contributed by atoms with Gasteiger partial charge in [-0.2, -0.15) is 5.10 Å². The Morgan fingerprint density at radius 2 is 1.89 bits per heavy atom. The first-order valence-electron chi connectivity index (χ1n) is 6.58. The molecule has 19 heavy (non-hydrogen) atoms. The topological polar surface area (TPSA) is 47.0 Å². The molecule has 2 aromatic rings. The third-order valence-corrected chi connectivity index (χ3v) is 2.66. The van der Waals surface area contributed by atoms with Gasteiger partial charge in [0, 0.05) is 12.6 Å². The highest BCUT2D eigenvalue weighted by Crippen LogP contribution is 2.08. The van der Waals surface area contributed by atoms with E-state index in [1.54, 1.807) is 0 Å². The number of ether oxygens (including phenoxy) is 1. The van der Waals surface area contributed by atoms with E-state index in [0.29, 0.717) is 12.5 Å². The first kappa shape index (κ1) is 13.5. The Bertz CT molecular complexity index is 471. The van der Waals surface area contributed by atoms with E-state index in [-0.39, 0.29) is 0 Å². The van der Waals surface area contributed by atoms with Crippen molar-refractivity contribution in [3.63, 3.8) is 0 Å². The highest BCUT2D eigenvalue weighted by Gasteiger charge is 1.99. The number of benzene rings is 1. The second-order valence-corrected chi connectivity index (χ2v) is 4.31.